The zero-order valence-electron chi connectivity index (χ0n) is 66.0. The Hall–Kier alpha value is -9.96. The zero-order chi connectivity index (χ0) is 74.4. The average Bonchev–Trinajstić information content (AvgIpc) is 1.60. The van der Waals surface area contributed by atoms with E-state index in [2.05, 4.69) is 451 Å². The SMILES string of the molecule is CC(C)(C)c1cccc2c1c1ccccc1n2-c1ccccc1.CC(C)(C)c1cccc2c3ccccc3n(-c3ccccc3)c12.CC(C)(C)c1ccccc1-n1c2ccccc2c2ccccc21.Cc1cccc(C)c1C(C)(C)C.Cc1ccccc1C(C)(C)C.Cc1ccccc1C(C)(C)C. The largest absolute Gasteiger partial charge is 0.309 e. The van der Waals surface area contributed by atoms with Crippen LogP contribution in [0.1, 0.15) is 180 Å². The Bertz CT molecular complexity index is 5210. The summed E-state index contributed by atoms with van der Waals surface area (Å²) in [6.07, 6.45) is 0. The van der Waals surface area contributed by atoms with Gasteiger partial charge in [-0.2, -0.15) is 0 Å². The molecular formula is C100H113N3. The van der Waals surface area contributed by atoms with E-state index in [1.54, 1.807) is 0 Å². The van der Waals surface area contributed by atoms with E-state index in [1.807, 2.05) is 0 Å². The average molecular weight is 1360 g/mol. The number of rotatable bonds is 3. The fourth-order valence-electron chi connectivity index (χ4n) is 15.3. The van der Waals surface area contributed by atoms with Gasteiger partial charge in [-0.15, -0.1) is 0 Å². The highest BCUT2D eigenvalue weighted by atomic mass is 15.0. The van der Waals surface area contributed by atoms with Crippen LogP contribution in [0.5, 0.6) is 0 Å². The first-order chi connectivity index (χ1) is 48.7. The van der Waals surface area contributed by atoms with Crippen LogP contribution < -0.4 is 0 Å². The molecule has 0 N–H and O–H groups in total. The molecule has 528 valence electrons. The van der Waals surface area contributed by atoms with Gasteiger partial charge in [0.05, 0.1) is 33.1 Å². The molecule has 0 fully saturated rings. The number of aromatic nitrogens is 3. The number of aryl methyl sites for hydroxylation is 4. The topological polar surface area (TPSA) is 14.8 Å². The number of fused-ring (bicyclic) bond motifs is 9. The van der Waals surface area contributed by atoms with Crippen LogP contribution in [0.15, 0.2) is 285 Å². The molecule has 15 rings (SSSR count). The van der Waals surface area contributed by atoms with E-state index in [9.17, 15) is 0 Å². The van der Waals surface area contributed by atoms with Crippen molar-refractivity contribution in [3.63, 3.8) is 0 Å². The Morgan fingerprint density at radius 3 is 0.903 bits per heavy atom. The zero-order valence-corrected chi connectivity index (χ0v) is 66.0. The van der Waals surface area contributed by atoms with Crippen molar-refractivity contribution in [1.29, 1.82) is 0 Å². The minimum atomic E-state index is 0.0976. The van der Waals surface area contributed by atoms with Gasteiger partial charge in [0.2, 0.25) is 0 Å². The van der Waals surface area contributed by atoms with Crippen molar-refractivity contribution < 1.29 is 0 Å². The third kappa shape index (κ3) is 17.1. The van der Waals surface area contributed by atoms with Crippen molar-refractivity contribution in [2.75, 3.05) is 0 Å². The highest BCUT2D eigenvalue weighted by Gasteiger charge is 2.26. The second-order valence-electron chi connectivity index (χ2n) is 34.1. The van der Waals surface area contributed by atoms with E-state index < -0.39 is 0 Å². The van der Waals surface area contributed by atoms with Crippen molar-refractivity contribution >= 4 is 65.4 Å². The number of hydrogen-bond acceptors (Lipinski definition) is 0. The van der Waals surface area contributed by atoms with Gasteiger partial charge >= 0.3 is 0 Å². The molecule has 0 aliphatic carbocycles. The molecule has 0 bridgehead atoms. The molecule has 15 aromatic rings. The summed E-state index contributed by atoms with van der Waals surface area (Å²) < 4.78 is 7.19. The molecular weight excluding hydrogens is 1240 g/mol. The molecule has 0 saturated heterocycles. The van der Waals surface area contributed by atoms with E-state index in [1.165, 1.54) is 138 Å². The Labute approximate surface area is 617 Å². The number of benzene rings is 12. The molecule has 0 unspecified atom stereocenters. The van der Waals surface area contributed by atoms with E-state index in [-0.39, 0.29) is 32.5 Å². The maximum Gasteiger partial charge on any atom is 0.0578 e. The minimum Gasteiger partial charge on any atom is -0.309 e. The third-order valence-electron chi connectivity index (χ3n) is 19.7. The van der Waals surface area contributed by atoms with Crippen molar-refractivity contribution in [3.8, 4) is 17.1 Å². The van der Waals surface area contributed by atoms with Gasteiger partial charge in [-0.3, -0.25) is 0 Å². The van der Waals surface area contributed by atoms with Crippen LogP contribution in [-0.2, 0) is 32.5 Å². The van der Waals surface area contributed by atoms with Crippen LogP contribution in [0.4, 0.5) is 0 Å². The van der Waals surface area contributed by atoms with Gasteiger partial charge in [0.15, 0.2) is 0 Å². The summed E-state index contributed by atoms with van der Waals surface area (Å²) in [6, 6.07) is 102. The molecule has 0 aliphatic rings. The fourth-order valence-corrected chi connectivity index (χ4v) is 15.3. The summed E-state index contributed by atoms with van der Waals surface area (Å²) in [5, 5.41) is 7.98. The molecule has 103 heavy (non-hydrogen) atoms. The maximum atomic E-state index is 2.41. The van der Waals surface area contributed by atoms with Crippen molar-refractivity contribution in [2.24, 2.45) is 0 Å². The summed E-state index contributed by atoms with van der Waals surface area (Å²) >= 11 is 0. The lowest BCUT2D eigenvalue weighted by molar-refractivity contribution is 0.582. The Morgan fingerprint density at radius 1 is 0.194 bits per heavy atom. The van der Waals surface area contributed by atoms with Crippen molar-refractivity contribution in [3.05, 3.63) is 341 Å². The highest BCUT2D eigenvalue weighted by molar-refractivity contribution is 6.12. The molecule has 0 atom stereocenters. The third-order valence-corrected chi connectivity index (χ3v) is 19.7. The van der Waals surface area contributed by atoms with Gasteiger partial charge in [0.25, 0.3) is 0 Å². The van der Waals surface area contributed by atoms with Crippen molar-refractivity contribution in [1.82, 2.24) is 13.7 Å². The van der Waals surface area contributed by atoms with Gasteiger partial charge < -0.3 is 13.7 Å². The predicted molar refractivity (Wildman–Crippen MR) is 453 cm³/mol. The monoisotopic (exact) mass is 1360 g/mol. The second kappa shape index (κ2) is 30.9. The van der Waals surface area contributed by atoms with Gasteiger partial charge in [-0.05, 0) is 176 Å². The van der Waals surface area contributed by atoms with Crippen LogP contribution in [0, 0.1) is 27.7 Å². The summed E-state index contributed by atoms with van der Waals surface area (Å²) in [5.41, 5.74) is 26.7. The first-order valence-corrected chi connectivity index (χ1v) is 37.1. The number of hydrogen-bond donors (Lipinski definition) is 0. The fraction of sp³-hybridized carbons (Fsp3) is 0.280. The van der Waals surface area contributed by atoms with E-state index in [4.69, 9.17) is 0 Å². The number of nitrogens with zero attached hydrogens (tertiary/aromatic N) is 3. The summed E-state index contributed by atoms with van der Waals surface area (Å²) in [7, 11) is 0. The quantitative estimate of drug-likeness (QED) is 0.167. The first kappa shape index (κ1) is 75.7. The molecule has 3 nitrogen and oxygen atoms in total. The van der Waals surface area contributed by atoms with Crippen LogP contribution >= 0.6 is 0 Å². The molecule has 0 saturated carbocycles. The van der Waals surface area contributed by atoms with Crippen LogP contribution in [0.3, 0.4) is 0 Å². The smallest absolute Gasteiger partial charge is 0.0578 e. The summed E-state index contributed by atoms with van der Waals surface area (Å²) in [6.45, 7) is 49.5. The van der Waals surface area contributed by atoms with Crippen molar-refractivity contribution in [2.45, 2.75) is 185 Å². The van der Waals surface area contributed by atoms with Crippen LogP contribution in [-0.4, -0.2) is 13.7 Å². The molecule has 12 aromatic carbocycles. The van der Waals surface area contributed by atoms with E-state index in [0.29, 0.717) is 0 Å². The Kier molecular flexibility index (Phi) is 22.7. The van der Waals surface area contributed by atoms with E-state index in [0.717, 1.165) is 0 Å². The molecule has 0 radical (unpaired) electrons. The van der Waals surface area contributed by atoms with Crippen LogP contribution in [0.25, 0.3) is 82.5 Å². The Balaban J connectivity index is 0.000000137. The minimum absolute atomic E-state index is 0.0976. The molecule has 0 amide bonds. The maximum absolute atomic E-state index is 2.41. The molecule has 3 heteroatoms. The lowest BCUT2D eigenvalue weighted by atomic mass is 9.81. The summed E-state index contributed by atoms with van der Waals surface area (Å²) in [5.74, 6) is 0. The second-order valence-corrected chi connectivity index (χ2v) is 34.1. The highest BCUT2D eigenvalue weighted by Crippen LogP contribution is 2.42. The normalized spacial score (nSPS) is 12.0. The number of para-hydroxylation sites is 8. The van der Waals surface area contributed by atoms with Gasteiger partial charge in [0, 0.05) is 49.4 Å². The molecule has 3 heterocycles. The molecule has 0 spiro atoms. The van der Waals surface area contributed by atoms with Crippen LogP contribution in [0.2, 0.25) is 0 Å². The Morgan fingerprint density at radius 2 is 0.485 bits per heavy atom. The lowest BCUT2D eigenvalue weighted by Gasteiger charge is -2.24. The summed E-state index contributed by atoms with van der Waals surface area (Å²) in [4.78, 5) is 0. The van der Waals surface area contributed by atoms with E-state index >= 15 is 0 Å². The van der Waals surface area contributed by atoms with Gasteiger partial charge in [-0.25, -0.2) is 0 Å². The van der Waals surface area contributed by atoms with Gasteiger partial charge in [0.1, 0.15) is 0 Å². The molecule has 0 aliphatic heterocycles. The lowest BCUT2D eigenvalue weighted by Crippen LogP contribution is -2.15. The molecule has 3 aromatic heterocycles. The standard InChI is InChI=1S/3C22H21N.C12H18.2C11H16/c1-22(2,3)18-12-6-9-15-21(18)23-19-13-7-4-10-16(19)17-11-5-8-14-20(17)23;1-22(2,3)19-14-9-13-18-17-12-7-8-15-20(17)23(21(18)19)16-10-5-4-6-11-16;1-22(2,3)18-13-9-15-20-21(18)17-12-7-8-14-19(17)23(20)16-10-5-4-6-11-16;1-9-7-6-8-10(2)11(9)12(3,4)5;2*1-9-7-5-6-8-10(9)11(2,3)4/h3*4-15H,1-3H3;6-8H,1-5H3;2*5-8H,1-4H3. The van der Waals surface area contributed by atoms with Gasteiger partial charge in [-0.1, -0.05) is 349 Å². The first-order valence-electron chi connectivity index (χ1n) is 37.1. The predicted octanol–water partition coefficient (Wildman–Crippen LogP) is 28.4.